The van der Waals surface area contributed by atoms with Gasteiger partial charge in [-0.1, -0.05) is 13.8 Å². The number of nitrogens with one attached hydrogen (secondary N) is 2. The standard InChI is InChI=1S/C7H16N2S/c1-5(2)7-9-8-6(3)4-10-7/h5-9H,4H2,1-3H3/t6-,7+/m0/s1. The molecule has 1 heterocycles. The van der Waals surface area contributed by atoms with E-state index in [2.05, 4.69) is 31.6 Å². The molecule has 0 bridgehead atoms. The first kappa shape index (κ1) is 8.37. The summed E-state index contributed by atoms with van der Waals surface area (Å²) in [6, 6.07) is 0.611. The fourth-order valence-corrected chi connectivity index (χ4v) is 2.03. The molecule has 0 aromatic carbocycles. The first-order valence-electron chi connectivity index (χ1n) is 3.83. The zero-order chi connectivity index (χ0) is 7.56. The zero-order valence-electron chi connectivity index (χ0n) is 6.85. The third-order valence-corrected chi connectivity index (χ3v) is 3.32. The normalized spacial score (nSPS) is 34.8. The molecular weight excluding hydrogens is 144 g/mol. The van der Waals surface area contributed by atoms with Crippen molar-refractivity contribution in [1.29, 1.82) is 0 Å². The van der Waals surface area contributed by atoms with Crippen LogP contribution in [0.3, 0.4) is 0 Å². The van der Waals surface area contributed by atoms with Crippen molar-refractivity contribution in [2.45, 2.75) is 32.2 Å². The Morgan fingerprint density at radius 3 is 2.50 bits per heavy atom. The minimum Gasteiger partial charge on any atom is -0.253 e. The van der Waals surface area contributed by atoms with Crippen LogP contribution in [0.5, 0.6) is 0 Å². The van der Waals surface area contributed by atoms with Gasteiger partial charge in [-0.05, 0) is 12.8 Å². The molecule has 1 aliphatic rings. The van der Waals surface area contributed by atoms with Crippen LogP contribution in [0.1, 0.15) is 20.8 Å². The second-order valence-corrected chi connectivity index (χ2v) is 4.36. The van der Waals surface area contributed by atoms with Gasteiger partial charge in [0.1, 0.15) is 0 Å². The van der Waals surface area contributed by atoms with Gasteiger partial charge in [0.05, 0.1) is 5.37 Å². The summed E-state index contributed by atoms with van der Waals surface area (Å²) >= 11 is 2.01. The van der Waals surface area contributed by atoms with E-state index in [0.717, 1.165) is 0 Å². The van der Waals surface area contributed by atoms with E-state index in [9.17, 15) is 0 Å². The second kappa shape index (κ2) is 3.60. The van der Waals surface area contributed by atoms with E-state index in [1.54, 1.807) is 0 Å². The Labute approximate surface area is 67.1 Å². The lowest BCUT2D eigenvalue weighted by Crippen LogP contribution is -2.51. The van der Waals surface area contributed by atoms with Gasteiger partial charge in [-0.2, -0.15) is 0 Å². The lowest BCUT2D eigenvalue weighted by Gasteiger charge is -2.30. The molecule has 0 radical (unpaired) electrons. The Bertz CT molecular complexity index is 97.8. The molecule has 0 saturated carbocycles. The van der Waals surface area contributed by atoms with E-state index in [-0.39, 0.29) is 0 Å². The van der Waals surface area contributed by atoms with Crippen molar-refractivity contribution >= 4 is 11.8 Å². The van der Waals surface area contributed by atoms with E-state index in [1.807, 2.05) is 11.8 Å². The molecule has 1 fully saturated rings. The van der Waals surface area contributed by atoms with Crippen LogP contribution in [0.2, 0.25) is 0 Å². The van der Waals surface area contributed by atoms with E-state index < -0.39 is 0 Å². The molecule has 0 unspecified atom stereocenters. The van der Waals surface area contributed by atoms with Gasteiger partial charge in [0.2, 0.25) is 0 Å². The Morgan fingerprint density at radius 2 is 2.10 bits per heavy atom. The maximum Gasteiger partial charge on any atom is 0.0689 e. The maximum atomic E-state index is 3.28. The van der Waals surface area contributed by atoms with Gasteiger partial charge >= 0.3 is 0 Å². The van der Waals surface area contributed by atoms with Crippen LogP contribution in [0.15, 0.2) is 0 Å². The van der Waals surface area contributed by atoms with Crippen molar-refractivity contribution in [3.63, 3.8) is 0 Å². The van der Waals surface area contributed by atoms with Gasteiger partial charge in [-0.3, -0.25) is 5.43 Å². The van der Waals surface area contributed by atoms with Crippen molar-refractivity contribution in [2.75, 3.05) is 5.75 Å². The lowest BCUT2D eigenvalue weighted by molar-refractivity contribution is 0.393. The first-order chi connectivity index (χ1) is 4.70. The zero-order valence-corrected chi connectivity index (χ0v) is 7.66. The largest absolute Gasteiger partial charge is 0.253 e. The highest BCUT2D eigenvalue weighted by Gasteiger charge is 2.19. The van der Waals surface area contributed by atoms with Crippen LogP contribution < -0.4 is 10.9 Å². The topological polar surface area (TPSA) is 24.1 Å². The molecule has 0 aromatic heterocycles. The summed E-state index contributed by atoms with van der Waals surface area (Å²) < 4.78 is 0. The van der Waals surface area contributed by atoms with Crippen LogP contribution >= 0.6 is 11.8 Å². The van der Waals surface area contributed by atoms with E-state index in [1.165, 1.54) is 5.75 Å². The number of hydrogen-bond acceptors (Lipinski definition) is 3. The summed E-state index contributed by atoms with van der Waals surface area (Å²) in [7, 11) is 0. The quantitative estimate of drug-likeness (QED) is 0.602. The Balaban J connectivity index is 2.26. The molecule has 2 nitrogen and oxygen atoms in total. The van der Waals surface area contributed by atoms with Crippen LogP contribution in [0.4, 0.5) is 0 Å². The number of rotatable bonds is 1. The van der Waals surface area contributed by atoms with Crippen molar-refractivity contribution < 1.29 is 0 Å². The van der Waals surface area contributed by atoms with Crippen LogP contribution in [-0.4, -0.2) is 17.2 Å². The highest BCUT2D eigenvalue weighted by atomic mass is 32.2. The summed E-state index contributed by atoms with van der Waals surface area (Å²) in [4.78, 5) is 0. The predicted molar refractivity (Wildman–Crippen MR) is 46.8 cm³/mol. The van der Waals surface area contributed by atoms with E-state index in [4.69, 9.17) is 0 Å². The highest BCUT2D eigenvalue weighted by molar-refractivity contribution is 7.99. The summed E-state index contributed by atoms with van der Waals surface area (Å²) in [5.74, 6) is 1.93. The van der Waals surface area contributed by atoms with Crippen molar-refractivity contribution in [1.82, 2.24) is 10.9 Å². The molecule has 2 atom stereocenters. The molecule has 1 saturated heterocycles. The minimum atomic E-state index is 0.594. The van der Waals surface area contributed by atoms with Gasteiger partial charge < -0.3 is 0 Å². The van der Waals surface area contributed by atoms with E-state index >= 15 is 0 Å². The van der Waals surface area contributed by atoms with Gasteiger partial charge in [0.25, 0.3) is 0 Å². The lowest BCUT2D eigenvalue weighted by atomic mass is 10.2. The molecular formula is C7H16N2S. The molecule has 0 amide bonds. The summed E-state index contributed by atoms with van der Waals surface area (Å²) in [5, 5.41) is 0.594. The molecule has 1 rings (SSSR count). The van der Waals surface area contributed by atoms with Crippen LogP contribution in [-0.2, 0) is 0 Å². The molecule has 2 N–H and O–H groups in total. The van der Waals surface area contributed by atoms with Crippen molar-refractivity contribution in [3.05, 3.63) is 0 Å². The predicted octanol–water partition coefficient (Wildman–Crippen LogP) is 1.20. The highest BCUT2D eigenvalue weighted by Crippen LogP contribution is 2.19. The summed E-state index contributed by atoms with van der Waals surface area (Å²) in [6.07, 6.45) is 0. The second-order valence-electron chi connectivity index (χ2n) is 3.19. The Kier molecular flexibility index (Phi) is 3.01. The molecule has 0 aliphatic carbocycles. The molecule has 1 aliphatic heterocycles. The first-order valence-corrected chi connectivity index (χ1v) is 4.87. The molecule has 60 valence electrons. The van der Waals surface area contributed by atoms with Crippen LogP contribution in [0, 0.1) is 5.92 Å². The summed E-state index contributed by atoms with van der Waals surface area (Å²) in [5.41, 5.74) is 6.52. The Morgan fingerprint density at radius 1 is 1.40 bits per heavy atom. The molecule has 0 spiro atoms. The fourth-order valence-electron chi connectivity index (χ4n) is 0.915. The monoisotopic (exact) mass is 160 g/mol. The average Bonchev–Trinajstić information content (AvgIpc) is 1.88. The molecule has 0 aromatic rings. The third kappa shape index (κ3) is 2.15. The van der Waals surface area contributed by atoms with Gasteiger partial charge in [-0.15, -0.1) is 11.8 Å². The average molecular weight is 160 g/mol. The van der Waals surface area contributed by atoms with Gasteiger partial charge in [0, 0.05) is 11.8 Å². The fraction of sp³-hybridized carbons (Fsp3) is 1.00. The Hall–Kier alpha value is 0.270. The van der Waals surface area contributed by atoms with Gasteiger partial charge in [-0.25, -0.2) is 5.43 Å². The number of hydrogen-bond donors (Lipinski definition) is 2. The minimum absolute atomic E-state index is 0.594. The maximum absolute atomic E-state index is 3.28. The van der Waals surface area contributed by atoms with Crippen LogP contribution in [0.25, 0.3) is 0 Å². The van der Waals surface area contributed by atoms with Crippen molar-refractivity contribution in [3.8, 4) is 0 Å². The van der Waals surface area contributed by atoms with E-state index in [0.29, 0.717) is 17.3 Å². The van der Waals surface area contributed by atoms with Crippen molar-refractivity contribution in [2.24, 2.45) is 5.92 Å². The third-order valence-electron chi connectivity index (χ3n) is 1.60. The summed E-state index contributed by atoms with van der Waals surface area (Å²) in [6.45, 7) is 6.67. The SMILES string of the molecule is CC(C)[C@@H]1NN[C@@H](C)CS1. The smallest absolute Gasteiger partial charge is 0.0689 e. The molecule has 3 heteroatoms. The van der Waals surface area contributed by atoms with Gasteiger partial charge in [0.15, 0.2) is 0 Å². The number of hydrazine groups is 1. The number of thioether (sulfide) groups is 1. The molecule has 10 heavy (non-hydrogen) atoms.